The van der Waals surface area contributed by atoms with Gasteiger partial charge in [-0.05, 0) is 51.3 Å². The largest absolute Gasteiger partial charge is 0.493 e. The van der Waals surface area contributed by atoms with E-state index in [1.807, 2.05) is 32.9 Å². The molecule has 0 radical (unpaired) electrons. The van der Waals surface area contributed by atoms with E-state index < -0.39 is 0 Å². The van der Waals surface area contributed by atoms with E-state index >= 15 is 0 Å². The van der Waals surface area contributed by atoms with E-state index in [0.717, 1.165) is 50.7 Å². The van der Waals surface area contributed by atoms with Crippen molar-refractivity contribution in [1.82, 2.24) is 10.6 Å². The molecule has 0 aliphatic rings. The van der Waals surface area contributed by atoms with E-state index in [1.54, 1.807) is 7.11 Å². The fourth-order valence-corrected chi connectivity index (χ4v) is 2.63. The Morgan fingerprint density at radius 1 is 1.11 bits per heavy atom. The van der Waals surface area contributed by atoms with Crippen molar-refractivity contribution in [2.45, 2.75) is 40.2 Å². The van der Waals surface area contributed by atoms with Crippen LogP contribution in [0.4, 0.5) is 0 Å². The molecule has 0 bridgehead atoms. The van der Waals surface area contributed by atoms with E-state index in [1.165, 1.54) is 0 Å². The summed E-state index contributed by atoms with van der Waals surface area (Å²) in [5.74, 6) is 1.98. The molecule has 156 valence electrons. The van der Waals surface area contributed by atoms with Crippen molar-refractivity contribution in [3.8, 4) is 11.5 Å². The van der Waals surface area contributed by atoms with Crippen molar-refractivity contribution in [1.29, 1.82) is 0 Å². The predicted octanol–water partition coefficient (Wildman–Crippen LogP) is 4.24. The number of hydrogen-bond acceptors (Lipinski definition) is 4. The fraction of sp³-hybridized carbons (Fsp3) is 0.632. The van der Waals surface area contributed by atoms with Gasteiger partial charge in [0, 0.05) is 26.3 Å². The highest BCUT2D eigenvalue weighted by molar-refractivity contribution is 14.0. The Balaban J connectivity index is 0.00000676. The zero-order chi connectivity index (χ0) is 19.2. The number of aliphatic imine (C=N–C) groups is 1. The minimum Gasteiger partial charge on any atom is -0.493 e. The summed E-state index contributed by atoms with van der Waals surface area (Å²) >= 11 is 6.32. The number of unbranched alkanes of at least 4 members (excludes halogenated alkanes) is 1. The molecule has 0 saturated heterocycles. The molecule has 27 heavy (non-hydrogen) atoms. The van der Waals surface area contributed by atoms with Crippen LogP contribution < -0.4 is 20.1 Å². The van der Waals surface area contributed by atoms with Gasteiger partial charge in [-0.15, -0.1) is 24.0 Å². The summed E-state index contributed by atoms with van der Waals surface area (Å²) in [7, 11) is 1.61. The highest BCUT2D eigenvalue weighted by Gasteiger charge is 2.11. The molecule has 0 spiro atoms. The van der Waals surface area contributed by atoms with E-state index in [0.29, 0.717) is 29.7 Å². The molecule has 0 aliphatic heterocycles. The second-order valence-electron chi connectivity index (χ2n) is 5.57. The Morgan fingerprint density at radius 2 is 1.89 bits per heavy atom. The number of rotatable bonds is 12. The highest BCUT2D eigenvalue weighted by Crippen LogP contribution is 2.36. The monoisotopic (exact) mass is 513 g/mol. The maximum Gasteiger partial charge on any atom is 0.191 e. The van der Waals surface area contributed by atoms with E-state index in [4.69, 9.17) is 25.8 Å². The lowest BCUT2D eigenvalue weighted by Gasteiger charge is -2.14. The van der Waals surface area contributed by atoms with Gasteiger partial charge in [-0.1, -0.05) is 11.6 Å². The van der Waals surface area contributed by atoms with Gasteiger partial charge in [0.25, 0.3) is 0 Å². The van der Waals surface area contributed by atoms with Gasteiger partial charge < -0.3 is 24.8 Å². The molecule has 2 N–H and O–H groups in total. The van der Waals surface area contributed by atoms with Crippen LogP contribution in [0.3, 0.4) is 0 Å². The summed E-state index contributed by atoms with van der Waals surface area (Å²) in [4.78, 5) is 4.62. The number of benzene rings is 1. The summed E-state index contributed by atoms with van der Waals surface area (Å²) in [6.07, 6.45) is 2.07. The number of hydrogen-bond donors (Lipinski definition) is 2. The molecule has 8 heteroatoms. The summed E-state index contributed by atoms with van der Waals surface area (Å²) in [6, 6.07) is 3.77. The topological polar surface area (TPSA) is 64.1 Å². The Morgan fingerprint density at radius 3 is 2.52 bits per heavy atom. The predicted molar refractivity (Wildman–Crippen MR) is 123 cm³/mol. The molecule has 0 aromatic heterocycles. The molecule has 1 rings (SSSR count). The molecule has 0 aliphatic carbocycles. The molecular weight excluding hydrogens is 481 g/mol. The maximum atomic E-state index is 6.32. The molecule has 0 unspecified atom stereocenters. The quantitative estimate of drug-likeness (QED) is 0.189. The maximum absolute atomic E-state index is 6.32. The average molecular weight is 514 g/mol. The van der Waals surface area contributed by atoms with E-state index in [9.17, 15) is 0 Å². The zero-order valence-electron chi connectivity index (χ0n) is 16.8. The van der Waals surface area contributed by atoms with Gasteiger partial charge in [-0.25, -0.2) is 4.99 Å². The summed E-state index contributed by atoms with van der Waals surface area (Å²) < 4.78 is 16.3. The zero-order valence-corrected chi connectivity index (χ0v) is 19.9. The lowest BCUT2D eigenvalue weighted by molar-refractivity contribution is 0.143. The Hall–Kier alpha value is -0.930. The first-order chi connectivity index (χ1) is 12.7. The van der Waals surface area contributed by atoms with Crippen LogP contribution in [0.5, 0.6) is 11.5 Å². The van der Waals surface area contributed by atoms with Crippen molar-refractivity contribution in [3.05, 3.63) is 22.7 Å². The van der Waals surface area contributed by atoms with Crippen LogP contribution in [0.2, 0.25) is 5.02 Å². The molecule has 1 aromatic carbocycles. The van der Waals surface area contributed by atoms with Crippen molar-refractivity contribution in [3.63, 3.8) is 0 Å². The van der Waals surface area contributed by atoms with Crippen LogP contribution in [0.1, 0.15) is 39.2 Å². The second-order valence-corrected chi connectivity index (χ2v) is 5.98. The molecule has 6 nitrogen and oxygen atoms in total. The van der Waals surface area contributed by atoms with Gasteiger partial charge in [0.1, 0.15) is 0 Å². The second kappa shape index (κ2) is 16.1. The van der Waals surface area contributed by atoms with E-state index in [-0.39, 0.29) is 24.0 Å². The summed E-state index contributed by atoms with van der Waals surface area (Å²) in [5, 5.41) is 7.12. The van der Waals surface area contributed by atoms with Gasteiger partial charge in [0.05, 0.1) is 25.3 Å². The Bertz CT molecular complexity index is 559. The van der Waals surface area contributed by atoms with Crippen LogP contribution >= 0.6 is 35.6 Å². The minimum atomic E-state index is 0. The average Bonchev–Trinajstić information content (AvgIpc) is 2.64. The highest BCUT2D eigenvalue weighted by atomic mass is 127. The number of ether oxygens (including phenoxy) is 3. The Kier molecular flexibility index (Phi) is 15.5. The van der Waals surface area contributed by atoms with E-state index in [2.05, 4.69) is 15.6 Å². The number of nitrogens with zero attached hydrogens (tertiary/aromatic N) is 1. The SMILES string of the molecule is CCNC(=NCc1cc(Cl)c(OCC)c(OC)c1)NCCCCOCC.I. The minimum absolute atomic E-state index is 0. The van der Waals surface area contributed by atoms with Crippen LogP contribution in [0, 0.1) is 0 Å². The molecule has 0 saturated carbocycles. The third kappa shape index (κ3) is 10.3. The van der Waals surface area contributed by atoms with Crippen molar-refractivity contribution in [2.75, 3.05) is 40.0 Å². The first-order valence-electron chi connectivity index (χ1n) is 9.25. The molecule has 0 fully saturated rings. The number of methoxy groups -OCH3 is 1. The van der Waals surface area contributed by atoms with Crippen molar-refractivity contribution in [2.24, 2.45) is 4.99 Å². The van der Waals surface area contributed by atoms with Crippen LogP contribution in [-0.4, -0.2) is 46.0 Å². The lowest BCUT2D eigenvalue weighted by Crippen LogP contribution is -2.37. The Labute approximate surface area is 185 Å². The van der Waals surface area contributed by atoms with Gasteiger partial charge >= 0.3 is 0 Å². The third-order valence-electron chi connectivity index (χ3n) is 3.55. The van der Waals surface area contributed by atoms with Crippen molar-refractivity contribution >= 4 is 41.5 Å². The van der Waals surface area contributed by atoms with Gasteiger partial charge in [-0.2, -0.15) is 0 Å². The number of halogens is 2. The third-order valence-corrected chi connectivity index (χ3v) is 3.83. The summed E-state index contributed by atoms with van der Waals surface area (Å²) in [5.41, 5.74) is 0.962. The molecule has 1 aromatic rings. The fourth-order valence-electron chi connectivity index (χ4n) is 2.34. The smallest absolute Gasteiger partial charge is 0.191 e. The van der Waals surface area contributed by atoms with Crippen LogP contribution in [0.25, 0.3) is 0 Å². The first kappa shape index (κ1) is 26.1. The number of guanidine groups is 1. The summed E-state index contributed by atoms with van der Waals surface area (Å²) in [6.45, 7) is 10.2. The van der Waals surface area contributed by atoms with Crippen LogP contribution in [0.15, 0.2) is 17.1 Å². The first-order valence-corrected chi connectivity index (χ1v) is 9.63. The molecular formula is C19H33ClIN3O3. The standard InChI is InChI=1S/C19H32ClN3O3.HI/c1-5-21-19(22-10-8-9-11-25-6-2)23-14-15-12-16(20)18(26-7-3)17(13-15)24-4;/h12-13H,5-11,14H2,1-4H3,(H2,21,22,23);1H. The lowest BCUT2D eigenvalue weighted by atomic mass is 10.2. The molecule has 0 heterocycles. The van der Waals surface area contributed by atoms with Crippen molar-refractivity contribution < 1.29 is 14.2 Å². The van der Waals surface area contributed by atoms with Crippen LogP contribution in [-0.2, 0) is 11.3 Å². The van der Waals surface area contributed by atoms with Gasteiger partial charge in [-0.3, -0.25) is 0 Å². The molecule has 0 atom stereocenters. The van der Waals surface area contributed by atoms with Gasteiger partial charge in [0.15, 0.2) is 17.5 Å². The molecule has 0 amide bonds. The van der Waals surface area contributed by atoms with Gasteiger partial charge in [0.2, 0.25) is 0 Å². The normalized spacial score (nSPS) is 10.9. The number of nitrogens with one attached hydrogen (secondary N) is 2.